The number of carbonyl (C=O) groups excluding carboxylic acids is 1. The van der Waals surface area contributed by atoms with Crippen molar-refractivity contribution in [3.63, 3.8) is 0 Å². The summed E-state index contributed by atoms with van der Waals surface area (Å²) in [5.41, 5.74) is 2.10. The summed E-state index contributed by atoms with van der Waals surface area (Å²) in [7, 11) is 1.75. The van der Waals surface area contributed by atoms with Crippen LogP contribution in [0.2, 0.25) is 0 Å². The van der Waals surface area contributed by atoms with Gasteiger partial charge in [-0.15, -0.1) is 0 Å². The second-order valence-electron chi connectivity index (χ2n) is 8.26. The number of anilines is 1. The number of benzene rings is 3. The van der Waals surface area contributed by atoms with Crippen LogP contribution >= 0.6 is 0 Å². The maximum atomic E-state index is 13.1. The van der Waals surface area contributed by atoms with Crippen LogP contribution < -0.4 is 16.4 Å². The molecule has 0 spiro atoms. The van der Waals surface area contributed by atoms with Crippen molar-refractivity contribution in [2.45, 2.75) is 13.5 Å². The Balaban J connectivity index is 1.42. The molecule has 0 aliphatic carbocycles. The molecule has 0 fully saturated rings. The van der Waals surface area contributed by atoms with E-state index in [1.54, 1.807) is 24.7 Å². The van der Waals surface area contributed by atoms with E-state index in [-0.39, 0.29) is 17.8 Å². The lowest BCUT2D eigenvalue weighted by Gasteiger charge is -2.08. The first-order valence-electron chi connectivity index (χ1n) is 11.1. The van der Waals surface area contributed by atoms with Gasteiger partial charge in [0.2, 0.25) is 5.91 Å². The van der Waals surface area contributed by atoms with Crippen molar-refractivity contribution in [3.05, 3.63) is 111 Å². The van der Waals surface area contributed by atoms with Crippen molar-refractivity contribution in [1.82, 2.24) is 19.1 Å². The summed E-state index contributed by atoms with van der Waals surface area (Å²) in [5, 5.41) is 9.23. The lowest BCUT2D eigenvalue weighted by Crippen LogP contribution is -2.30. The van der Waals surface area contributed by atoms with E-state index < -0.39 is 11.5 Å². The quantitative estimate of drug-likeness (QED) is 0.430. The fraction of sp³-hybridized carbons (Fsp3) is 0.111. The Morgan fingerprint density at radius 3 is 2.37 bits per heavy atom. The second kappa shape index (κ2) is 8.90. The Morgan fingerprint density at radius 2 is 1.60 bits per heavy atom. The molecule has 0 aliphatic heterocycles. The van der Waals surface area contributed by atoms with Gasteiger partial charge in [-0.1, -0.05) is 54.6 Å². The first-order valence-corrected chi connectivity index (χ1v) is 11.1. The van der Waals surface area contributed by atoms with E-state index in [1.807, 2.05) is 72.8 Å². The number of carbonyl (C=O) groups is 1. The molecule has 1 N–H and O–H groups in total. The van der Waals surface area contributed by atoms with Crippen LogP contribution in [0, 0.1) is 6.92 Å². The van der Waals surface area contributed by atoms with Crippen molar-refractivity contribution in [2.75, 3.05) is 5.32 Å². The number of hydrogen-bond acceptors (Lipinski definition) is 4. The van der Waals surface area contributed by atoms with Gasteiger partial charge in [0.25, 0.3) is 11.1 Å². The normalized spacial score (nSPS) is 11.0. The maximum Gasteiger partial charge on any atom is 0.295 e. The average molecular weight is 466 g/mol. The number of nitrogens with one attached hydrogen (secondary N) is 1. The van der Waals surface area contributed by atoms with Crippen molar-refractivity contribution < 1.29 is 4.79 Å². The minimum atomic E-state index is -0.513. The predicted octanol–water partition coefficient (Wildman–Crippen LogP) is 3.50. The van der Waals surface area contributed by atoms with Gasteiger partial charge in [-0.25, -0.2) is 9.36 Å². The summed E-state index contributed by atoms with van der Waals surface area (Å²) in [4.78, 5) is 38.3. The number of fused-ring (bicyclic) bond motifs is 1. The first-order chi connectivity index (χ1) is 16.9. The number of para-hydroxylation sites is 1. The van der Waals surface area contributed by atoms with Crippen LogP contribution in [0.1, 0.15) is 5.69 Å². The lowest BCUT2D eigenvalue weighted by atomic mass is 10.1. The van der Waals surface area contributed by atoms with E-state index in [9.17, 15) is 14.4 Å². The van der Waals surface area contributed by atoms with Gasteiger partial charge < -0.3 is 5.32 Å². The standard InChI is InChI=1S/C27H23N5O3/c1-18-26(27(35)32(30(18)2)22-10-4-3-5-11-22)28-24(33)17-31-25(34)15-14-23(29-31)21-13-12-19-8-6-7-9-20(19)16-21/h3-16H,17H2,1-2H3,(H,28,33). The Labute approximate surface area is 200 Å². The highest BCUT2D eigenvalue weighted by Gasteiger charge is 2.19. The number of amides is 1. The number of aromatic nitrogens is 4. The van der Waals surface area contributed by atoms with E-state index in [0.717, 1.165) is 21.0 Å². The highest BCUT2D eigenvalue weighted by molar-refractivity contribution is 5.91. The van der Waals surface area contributed by atoms with Crippen LogP contribution in [-0.4, -0.2) is 25.1 Å². The fourth-order valence-electron chi connectivity index (χ4n) is 4.09. The Hall–Kier alpha value is -4.72. The van der Waals surface area contributed by atoms with Crippen molar-refractivity contribution in [1.29, 1.82) is 0 Å². The largest absolute Gasteiger partial charge is 0.318 e. The van der Waals surface area contributed by atoms with Gasteiger partial charge in [-0.3, -0.25) is 19.1 Å². The third-order valence-corrected chi connectivity index (χ3v) is 6.02. The van der Waals surface area contributed by atoms with Gasteiger partial charge in [-0.2, -0.15) is 5.10 Å². The summed E-state index contributed by atoms with van der Waals surface area (Å²) in [6.07, 6.45) is 0. The molecule has 5 rings (SSSR count). The van der Waals surface area contributed by atoms with E-state index in [4.69, 9.17) is 0 Å². The molecular weight excluding hydrogens is 442 g/mol. The zero-order valence-corrected chi connectivity index (χ0v) is 19.3. The number of hydrogen-bond donors (Lipinski definition) is 1. The zero-order valence-electron chi connectivity index (χ0n) is 19.3. The molecule has 0 radical (unpaired) electrons. The maximum absolute atomic E-state index is 13.1. The number of rotatable bonds is 5. The molecular formula is C27H23N5O3. The fourth-order valence-corrected chi connectivity index (χ4v) is 4.09. The third-order valence-electron chi connectivity index (χ3n) is 6.02. The van der Waals surface area contributed by atoms with Crippen LogP contribution in [0.3, 0.4) is 0 Å². The Kier molecular flexibility index (Phi) is 5.62. The minimum absolute atomic E-state index is 0.167. The summed E-state index contributed by atoms with van der Waals surface area (Å²) >= 11 is 0. The SMILES string of the molecule is Cc1c(NC(=O)Cn2nc(-c3ccc4ccccc4c3)ccc2=O)c(=O)n(-c2ccccc2)n1C. The molecule has 8 heteroatoms. The highest BCUT2D eigenvalue weighted by Crippen LogP contribution is 2.22. The smallest absolute Gasteiger partial charge is 0.295 e. The number of nitrogens with zero attached hydrogens (tertiary/aromatic N) is 4. The monoisotopic (exact) mass is 465 g/mol. The first kappa shape index (κ1) is 22.1. The summed E-state index contributed by atoms with van der Waals surface area (Å²) < 4.78 is 4.27. The van der Waals surface area contributed by atoms with Crippen LogP contribution in [0.15, 0.2) is 94.5 Å². The Bertz CT molecular complexity index is 1680. The minimum Gasteiger partial charge on any atom is -0.318 e. The van der Waals surface area contributed by atoms with E-state index in [0.29, 0.717) is 17.1 Å². The van der Waals surface area contributed by atoms with Crippen molar-refractivity contribution in [2.24, 2.45) is 7.05 Å². The summed E-state index contributed by atoms with van der Waals surface area (Å²) in [6, 6.07) is 26.1. The van der Waals surface area contributed by atoms with Gasteiger partial charge in [0.05, 0.1) is 17.1 Å². The molecule has 3 aromatic carbocycles. The molecule has 0 aliphatic rings. The zero-order chi connectivity index (χ0) is 24.5. The second-order valence-corrected chi connectivity index (χ2v) is 8.26. The van der Waals surface area contributed by atoms with Gasteiger partial charge in [0.1, 0.15) is 12.2 Å². The molecule has 0 atom stereocenters. The molecule has 2 aromatic heterocycles. The van der Waals surface area contributed by atoms with Crippen molar-refractivity contribution in [3.8, 4) is 16.9 Å². The molecule has 0 unspecified atom stereocenters. The van der Waals surface area contributed by atoms with Gasteiger partial charge >= 0.3 is 0 Å². The summed E-state index contributed by atoms with van der Waals surface area (Å²) in [6.45, 7) is 1.43. The Morgan fingerprint density at radius 1 is 0.886 bits per heavy atom. The molecule has 0 saturated heterocycles. The van der Waals surface area contributed by atoms with Gasteiger partial charge in [0.15, 0.2) is 0 Å². The molecule has 35 heavy (non-hydrogen) atoms. The molecule has 0 bridgehead atoms. The molecule has 5 aromatic rings. The average Bonchev–Trinajstić information content (AvgIpc) is 3.08. The van der Waals surface area contributed by atoms with Crippen LogP contribution in [0.5, 0.6) is 0 Å². The van der Waals surface area contributed by atoms with Crippen LogP contribution in [0.4, 0.5) is 5.69 Å². The van der Waals surface area contributed by atoms with Crippen LogP contribution in [0.25, 0.3) is 27.7 Å². The predicted molar refractivity (Wildman–Crippen MR) is 136 cm³/mol. The summed E-state index contributed by atoms with van der Waals surface area (Å²) in [5.74, 6) is -0.513. The molecule has 174 valence electrons. The molecule has 8 nitrogen and oxygen atoms in total. The third kappa shape index (κ3) is 4.17. The lowest BCUT2D eigenvalue weighted by molar-refractivity contribution is -0.117. The van der Waals surface area contributed by atoms with E-state index in [2.05, 4.69) is 10.4 Å². The van der Waals surface area contributed by atoms with Crippen molar-refractivity contribution >= 4 is 22.4 Å². The highest BCUT2D eigenvalue weighted by atomic mass is 16.2. The van der Waals surface area contributed by atoms with E-state index >= 15 is 0 Å². The molecule has 2 heterocycles. The molecule has 0 saturated carbocycles. The van der Waals surface area contributed by atoms with Gasteiger partial charge in [0, 0.05) is 18.7 Å². The molecule has 1 amide bonds. The van der Waals surface area contributed by atoms with E-state index in [1.165, 1.54) is 10.7 Å². The topological polar surface area (TPSA) is 90.9 Å². The van der Waals surface area contributed by atoms with Gasteiger partial charge in [-0.05, 0) is 42.0 Å². The van der Waals surface area contributed by atoms with Crippen LogP contribution in [-0.2, 0) is 18.4 Å².